The molecular weight excluding hydrogens is 389 g/mol. The van der Waals surface area contributed by atoms with Crippen molar-refractivity contribution < 1.29 is 14.4 Å². The minimum Gasteiger partial charge on any atom is -0.354 e. The fraction of sp³-hybridized carbons (Fsp3) is 0.526. The van der Waals surface area contributed by atoms with Crippen molar-refractivity contribution in [2.45, 2.75) is 44.6 Å². The number of nitrogens with zero attached hydrogens (tertiary/aromatic N) is 1. The van der Waals surface area contributed by atoms with Crippen LogP contribution < -0.4 is 10.6 Å². The standard InChI is InChI=1S/C19H23Cl2N3O3/c1-12-4-2-3-8-19(12)17(26)24(18(27)23-19)11-16(25)22-9-7-13-5-6-14(20)10-15(13)21/h5-6,10,12H,2-4,7-9,11H2,1H3,(H,22,25)(H,23,27)/t12-,19-/m0/s1. The van der Waals surface area contributed by atoms with Crippen molar-refractivity contribution in [2.75, 3.05) is 13.1 Å². The Kier molecular flexibility index (Phi) is 5.96. The highest BCUT2D eigenvalue weighted by Gasteiger charge is 2.55. The fourth-order valence-corrected chi connectivity index (χ4v) is 4.40. The van der Waals surface area contributed by atoms with Gasteiger partial charge in [-0.25, -0.2) is 4.79 Å². The topological polar surface area (TPSA) is 78.5 Å². The molecule has 2 fully saturated rings. The first kappa shape index (κ1) is 20.0. The molecule has 1 heterocycles. The molecule has 1 aliphatic heterocycles. The average molecular weight is 412 g/mol. The maximum absolute atomic E-state index is 12.8. The number of halogens is 2. The molecule has 6 nitrogen and oxygen atoms in total. The molecule has 0 unspecified atom stereocenters. The molecule has 2 N–H and O–H groups in total. The number of benzene rings is 1. The summed E-state index contributed by atoms with van der Waals surface area (Å²) in [6, 6.07) is 4.72. The maximum atomic E-state index is 12.8. The SMILES string of the molecule is C[C@H]1CCCC[C@]12NC(=O)N(CC(=O)NCCc1ccc(Cl)cc1Cl)C2=O. The molecule has 1 aromatic carbocycles. The van der Waals surface area contributed by atoms with E-state index in [0.717, 1.165) is 29.7 Å². The molecule has 1 saturated heterocycles. The third-order valence-corrected chi connectivity index (χ3v) is 6.12. The molecule has 2 atom stereocenters. The second kappa shape index (κ2) is 8.07. The maximum Gasteiger partial charge on any atom is 0.325 e. The molecule has 27 heavy (non-hydrogen) atoms. The number of imide groups is 1. The van der Waals surface area contributed by atoms with Gasteiger partial charge < -0.3 is 10.6 Å². The number of carbonyl (C=O) groups is 3. The van der Waals surface area contributed by atoms with Crippen LogP contribution in [0, 0.1) is 5.92 Å². The summed E-state index contributed by atoms with van der Waals surface area (Å²) in [4.78, 5) is 38.4. The highest BCUT2D eigenvalue weighted by Crippen LogP contribution is 2.38. The third kappa shape index (κ3) is 4.06. The van der Waals surface area contributed by atoms with Crippen molar-refractivity contribution in [2.24, 2.45) is 5.92 Å². The second-order valence-electron chi connectivity index (χ2n) is 7.28. The molecule has 146 valence electrons. The van der Waals surface area contributed by atoms with Crippen molar-refractivity contribution in [3.8, 4) is 0 Å². The third-order valence-electron chi connectivity index (χ3n) is 5.53. The zero-order valence-corrected chi connectivity index (χ0v) is 16.7. The zero-order chi connectivity index (χ0) is 19.6. The van der Waals surface area contributed by atoms with Crippen molar-refractivity contribution in [1.82, 2.24) is 15.5 Å². The zero-order valence-electron chi connectivity index (χ0n) is 15.2. The van der Waals surface area contributed by atoms with Gasteiger partial charge >= 0.3 is 6.03 Å². The Morgan fingerprint density at radius 1 is 1.33 bits per heavy atom. The molecule has 8 heteroatoms. The molecule has 0 aromatic heterocycles. The Balaban J connectivity index is 1.54. The first-order valence-corrected chi connectivity index (χ1v) is 9.94. The number of amides is 4. The van der Waals surface area contributed by atoms with Gasteiger partial charge in [0, 0.05) is 16.6 Å². The summed E-state index contributed by atoms with van der Waals surface area (Å²) in [6.07, 6.45) is 4.01. The van der Waals surface area contributed by atoms with E-state index >= 15 is 0 Å². The molecule has 0 bridgehead atoms. The van der Waals surface area contributed by atoms with E-state index < -0.39 is 11.6 Å². The van der Waals surface area contributed by atoms with E-state index in [2.05, 4.69) is 10.6 Å². The molecular formula is C19H23Cl2N3O3. The van der Waals surface area contributed by atoms with Crippen LogP contribution in [0.1, 0.15) is 38.2 Å². The van der Waals surface area contributed by atoms with Gasteiger partial charge in [0.2, 0.25) is 5.91 Å². The number of urea groups is 1. The molecule has 2 aliphatic rings. The van der Waals surface area contributed by atoms with Gasteiger partial charge in [-0.2, -0.15) is 0 Å². The number of hydrogen-bond donors (Lipinski definition) is 2. The smallest absolute Gasteiger partial charge is 0.325 e. The first-order valence-electron chi connectivity index (χ1n) is 9.18. The number of carbonyl (C=O) groups excluding carboxylic acids is 3. The van der Waals surface area contributed by atoms with Gasteiger partial charge in [0.1, 0.15) is 12.1 Å². The van der Waals surface area contributed by atoms with E-state index in [4.69, 9.17) is 23.2 Å². The number of nitrogens with one attached hydrogen (secondary N) is 2. The van der Waals surface area contributed by atoms with Crippen molar-refractivity contribution >= 4 is 41.0 Å². The van der Waals surface area contributed by atoms with E-state index in [0.29, 0.717) is 29.4 Å². The highest BCUT2D eigenvalue weighted by atomic mass is 35.5. The lowest BCUT2D eigenvalue weighted by atomic mass is 9.73. The Morgan fingerprint density at radius 3 is 2.81 bits per heavy atom. The van der Waals surface area contributed by atoms with Gasteiger partial charge in [-0.15, -0.1) is 0 Å². The number of hydrogen-bond acceptors (Lipinski definition) is 3. The predicted octanol–water partition coefficient (Wildman–Crippen LogP) is 3.15. The van der Waals surface area contributed by atoms with Crippen LogP contribution in [-0.4, -0.2) is 41.4 Å². The van der Waals surface area contributed by atoms with E-state index in [1.54, 1.807) is 12.1 Å². The van der Waals surface area contributed by atoms with Gasteiger partial charge in [-0.05, 0) is 42.9 Å². The van der Waals surface area contributed by atoms with Crippen LogP contribution in [0.3, 0.4) is 0 Å². The van der Waals surface area contributed by atoms with E-state index in [9.17, 15) is 14.4 Å². The van der Waals surface area contributed by atoms with Crippen LogP contribution in [0.25, 0.3) is 0 Å². The molecule has 1 spiro atoms. The number of rotatable bonds is 5. The van der Waals surface area contributed by atoms with Crippen molar-refractivity contribution in [1.29, 1.82) is 0 Å². The Labute approximate surface area is 168 Å². The van der Waals surface area contributed by atoms with Gasteiger partial charge in [0.25, 0.3) is 5.91 Å². The lowest BCUT2D eigenvalue weighted by molar-refractivity contribution is -0.137. The van der Waals surface area contributed by atoms with E-state index in [1.807, 2.05) is 13.0 Å². The monoisotopic (exact) mass is 411 g/mol. The van der Waals surface area contributed by atoms with Gasteiger partial charge in [-0.3, -0.25) is 14.5 Å². The van der Waals surface area contributed by atoms with E-state index in [-0.39, 0.29) is 24.3 Å². The van der Waals surface area contributed by atoms with Crippen molar-refractivity contribution in [3.05, 3.63) is 33.8 Å². The summed E-state index contributed by atoms with van der Waals surface area (Å²) in [5, 5.41) is 6.68. The summed E-state index contributed by atoms with van der Waals surface area (Å²) in [6.45, 7) is 2.07. The summed E-state index contributed by atoms with van der Waals surface area (Å²) < 4.78 is 0. The molecule has 1 aliphatic carbocycles. The summed E-state index contributed by atoms with van der Waals surface area (Å²) >= 11 is 12.0. The average Bonchev–Trinajstić information content (AvgIpc) is 2.84. The first-order chi connectivity index (χ1) is 12.8. The van der Waals surface area contributed by atoms with Gasteiger partial charge in [0.15, 0.2) is 0 Å². The summed E-state index contributed by atoms with van der Waals surface area (Å²) in [7, 11) is 0. The highest BCUT2D eigenvalue weighted by molar-refractivity contribution is 6.35. The van der Waals surface area contributed by atoms with Crippen LogP contribution in [0.4, 0.5) is 4.79 Å². The Hall–Kier alpha value is -1.79. The Bertz CT molecular complexity index is 771. The minimum absolute atomic E-state index is 0.0720. The van der Waals surface area contributed by atoms with Crippen LogP contribution in [0.15, 0.2) is 18.2 Å². The lowest BCUT2D eigenvalue weighted by Gasteiger charge is -2.36. The normalized spacial score (nSPS) is 25.0. The minimum atomic E-state index is -0.841. The van der Waals surface area contributed by atoms with Crippen LogP contribution in [0.2, 0.25) is 10.0 Å². The molecule has 1 aromatic rings. The molecule has 0 radical (unpaired) electrons. The quantitative estimate of drug-likeness (QED) is 0.730. The summed E-state index contributed by atoms with van der Waals surface area (Å²) in [5.74, 6) is -0.581. The summed E-state index contributed by atoms with van der Waals surface area (Å²) in [5.41, 5.74) is 0.0262. The van der Waals surface area contributed by atoms with E-state index in [1.165, 1.54) is 0 Å². The van der Waals surface area contributed by atoms with Gasteiger partial charge in [0.05, 0.1) is 0 Å². The van der Waals surface area contributed by atoms with Gasteiger partial charge in [-0.1, -0.05) is 49.0 Å². The molecule has 1 saturated carbocycles. The Morgan fingerprint density at radius 2 is 2.11 bits per heavy atom. The second-order valence-corrected chi connectivity index (χ2v) is 8.12. The van der Waals surface area contributed by atoms with Crippen LogP contribution >= 0.6 is 23.2 Å². The van der Waals surface area contributed by atoms with Crippen molar-refractivity contribution in [3.63, 3.8) is 0 Å². The predicted molar refractivity (Wildman–Crippen MR) is 104 cm³/mol. The molecule has 3 rings (SSSR count). The molecule has 4 amide bonds. The van der Waals surface area contributed by atoms with Crippen LogP contribution in [-0.2, 0) is 16.0 Å². The fourth-order valence-electron chi connectivity index (χ4n) is 3.90. The lowest BCUT2D eigenvalue weighted by Crippen LogP contribution is -2.54. The largest absolute Gasteiger partial charge is 0.354 e. The van der Waals surface area contributed by atoms with Crippen LogP contribution in [0.5, 0.6) is 0 Å².